The topological polar surface area (TPSA) is 182 Å². The van der Waals surface area contributed by atoms with Crippen LogP contribution in [0.1, 0.15) is 12.0 Å². The average molecular weight is 505 g/mol. The van der Waals surface area contributed by atoms with Crippen LogP contribution in [0.3, 0.4) is 0 Å². The van der Waals surface area contributed by atoms with Crippen molar-refractivity contribution in [3.05, 3.63) is 60.2 Å². The van der Waals surface area contributed by atoms with Gasteiger partial charge >= 0.3 is 35.3 Å². The first-order chi connectivity index (χ1) is 16.1. The number of hydrazine groups is 1. The average Bonchev–Trinajstić information content (AvgIpc) is 2.78. The summed E-state index contributed by atoms with van der Waals surface area (Å²) in [6.07, 6.45) is -0.0528. The van der Waals surface area contributed by atoms with Crippen LogP contribution < -0.4 is 16.1 Å². The monoisotopic (exact) mass is 505 g/mol. The molecule has 1 amide bonds. The van der Waals surface area contributed by atoms with Crippen LogP contribution in [0.25, 0.3) is 21.5 Å². The first kappa shape index (κ1) is 24.1. The number of piperidine rings is 1. The van der Waals surface area contributed by atoms with E-state index >= 15 is 0 Å². The molecule has 1 saturated heterocycles. The summed E-state index contributed by atoms with van der Waals surface area (Å²) in [6.45, 7) is -0.361. The number of hydrogen-bond donors (Lipinski definition) is 4. The SMILES string of the molecule is N[C@H]1CCN(N)C(=O)[C@@]1(C(=O)OCc1c2ccccc2cc2ccccc12)[P+](=O)NS(=O)(=O)O. The van der Waals surface area contributed by atoms with Gasteiger partial charge in [0.05, 0.1) is 6.04 Å². The van der Waals surface area contributed by atoms with E-state index in [0.717, 1.165) is 21.5 Å². The first-order valence-corrected chi connectivity index (χ1v) is 12.9. The molecule has 4 rings (SSSR count). The van der Waals surface area contributed by atoms with Crippen molar-refractivity contribution >= 4 is 51.7 Å². The number of amides is 1. The summed E-state index contributed by atoms with van der Waals surface area (Å²) in [5, 5.41) is 1.35. The van der Waals surface area contributed by atoms with E-state index < -0.39 is 41.3 Å². The van der Waals surface area contributed by atoms with E-state index in [0.29, 0.717) is 10.6 Å². The predicted octanol–water partition coefficient (Wildman–Crippen LogP) is 1.34. The van der Waals surface area contributed by atoms with Crippen molar-refractivity contribution in [3.63, 3.8) is 0 Å². The van der Waals surface area contributed by atoms with Gasteiger partial charge in [-0.1, -0.05) is 48.5 Å². The zero-order chi connectivity index (χ0) is 24.7. The highest BCUT2D eigenvalue weighted by Crippen LogP contribution is 2.44. The maximum Gasteiger partial charge on any atom is 0.479 e. The Kier molecular flexibility index (Phi) is 6.38. The molecule has 6 N–H and O–H groups in total. The fourth-order valence-electron chi connectivity index (χ4n) is 4.21. The van der Waals surface area contributed by atoms with Gasteiger partial charge in [-0.25, -0.2) is 10.6 Å². The van der Waals surface area contributed by atoms with Gasteiger partial charge in [0.25, 0.3) is 0 Å². The minimum absolute atomic E-state index is 0.0436. The van der Waals surface area contributed by atoms with E-state index in [9.17, 15) is 22.6 Å². The molecule has 0 spiro atoms. The molecule has 3 aromatic rings. The summed E-state index contributed by atoms with van der Waals surface area (Å²) >= 11 is 0. The number of nitrogens with one attached hydrogen (secondary N) is 1. The Bertz CT molecular complexity index is 1380. The number of fused-ring (bicyclic) bond motifs is 2. The molecule has 1 fully saturated rings. The fraction of sp³-hybridized carbons (Fsp3) is 0.238. The van der Waals surface area contributed by atoms with Crippen LogP contribution in [0.15, 0.2) is 54.6 Å². The van der Waals surface area contributed by atoms with Crippen molar-refractivity contribution in [2.45, 2.75) is 24.2 Å². The number of carbonyl (C=O) groups excluding carboxylic acids is 2. The Balaban J connectivity index is 1.77. The smallest absolute Gasteiger partial charge is 0.457 e. The zero-order valence-corrected chi connectivity index (χ0v) is 19.5. The lowest BCUT2D eigenvalue weighted by molar-refractivity contribution is -0.157. The second-order valence-corrected chi connectivity index (χ2v) is 10.9. The normalized spacial score (nSPS) is 21.6. The number of carbonyl (C=O) groups is 2. The molecule has 0 radical (unpaired) electrons. The molecule has 1 aliphatic heterocycles. The van der Waals surface area contributed by atoms with Crippen LogP contribution in [0.5, 0.6) is 0 Å². The van der Waals surface area contributed by atoms with E-state index in [4.69, 9.17) is 20.9 Å². The zero-order valence-electron chi connectivity index (χ0n) is 17.7. The molecule has 0 bridgehead atoms. The molecule has 13 heteroatoms. The maximum atomic E-state index is 13.4. The van der Waals surface area contributed by atoms with Gasteiger partial charge in [0.15, 0.2) is 0 Å². The van der Waals surface area contributed by atoms with Crippen molar-refractivity contribution in [2.24, 2.45) is 11.6 Å². The lowest BCUT2D eigenvalue weighted by Crippen LogP contribution is -2.68. The van der Waals surface area contributed by atoms with Crippen LogP contribution in [0, 0.1) is 0 Å². The van der Waals surface area contributed by atoms with Gasteiger partial charge < -0.3 is 10.5 Å². The first-order valence-electron chi connectivity index (χ1n) is 10.2. The Morgan fingerprint density at radius 2 is 1.74 bits per heavy atom. The number of nitrogens with two attached hydrogens (primary N) is 2. The van der Waals surface area contributed by atoms with Crippen LogP contribution in [0.4, 0.5) is 0 Å². The maximum absolute atomic E-state index is 13.4. The summed E-state index contributed by atoms with van der Waals surface area (Å²) in [5.74, 6) is 3.18. The van der Waals surface area contributed by atoms with Crippen LogP contribution >= 0.6 is 7.95 Å². The van der Waals surface area contributed by atoms with E-state index in [1.54, 1.807) is 0 Å². The van der Waals surface area contributed by atoms with Gasteiger partial charge in [0.1, 0.15) is 6.61 Å². The van der Waals surface area contributed by atoms with E-state index in [1.165, 1.54) is 4.49 Å². The molecule has 1 aliphatic rings. The van der Waals surface area contributed by atoms with Crippen molar-refractivity contribution in [2.75, 3.05) is 6.54 Å². The number of nitrogens with zero attached hydrogens (tertiary/aromatic N) is 1. The molecule has 3 aromatic carbocycles. The second-order valence-electron chi connectivity index (χ2n) is 7.89. The molecule has 11 nitrogen and oxygen atoms in total. The Morgan fingerprint density at radius 3 is 2.29 bits per heavy atom. The van der Waals surface area contributed by atoms with E-state index in [-0.39, 0.29) is 19.6 Å². The van der Waals surface area contributed by atoms with Gasteiger partial charge in [-0.15, -0.1) is 0 Å². The summed E-state index contributed by atoms with van der Waals surface area (Å²) in [4.78, 5) is 26.3. The molecular weight excluding hydrogens is 483 g/mol. The third-order valence-electron chi connectivity index (χ3n) is 5.86. The molecule has 0 aliphatic carbocycles. The van der Waals surface area contributed by atoms with Crippen LogP contribution in [-0.4, -0.2) is 47.6 Å². The fourth-order valence-corrected chi connectivity index (χ4v) is 6.59. The highest BCUT2D eigenvalue weighted by Gasteiger charge is 2.72. The van der Waals surface area contributed by atoms with Crippen LogP contribution in [0.2, 0.25) is 0 Å². The second kappa shape index (κ2) is 8.99. The molecule has 0 aromatic heterocycles. The third kappa shape index (κ3) is 4.16. The molecule has 178 valence electrons. The predicted molar refractivity (Wildman–Crippen MR) is 125 cm³/mol. The quantitative estimate of drug-likeness (QED) is 0.0730. The number of ether oxygens (including phenoxy) is 1. The Hall–Kier alpha value is -2.99. The summed E-state index contributed by atoms with van der Waals surface area (Å²) in [5.41, 5.74) is 6.67. The van der Waals surface area contributed by atoms with Crippen LogP contribution in [-0.2, 0) is 35.8 Å². The Labute approximate surface area is 195 Å². The van der Waals surface area contributed by atoms with E-state index in [2.05, 4.69) is 0 Å². The highest BCUT2D eigenvalue weighted by molar-refractivity contribution is 7.89. The van der Waals surface area contributed by atoms with Gasteiger partial charge in [0.2, 0.25) is 0 Å². The molecule has 1 heterocycles. The van der Waals surface area contributed by atoms with Gasteiger partial charge in [0, 0.05) is 16.6 Å². The third-order valence-corrected chi connectivity index (χ3v) is 8.80. The standard InChI is InChI=1S/C21H21N4O7PS/c22-18-9-10-25(23)19(26)21(18,33(28)24-34(29,30)31)20(27)32-12-17-15-7-3-1-5-13(15)11-14-6-2-4-8-16(14)17/h1-8,11,18H,9-10,12,22-23H2,(H-,24,28,29,30,31)/p+1/t18-,21-/m0/s1. The van der Waals surface area contributed by atoms with Crippen molar-refractivity contribution in [1.82, 2.24) is 9.50 Å². The van der Waals surface area contributed by atoms with Crippen molar-refractivity contribution in [1.29, 1.82) is 0 Å². The minimum atomic E-state index is -5.04. The molecule has 3 atom stereocenters. The van der Waals surface area contributed by atoms with Gasteiger partial charge in [-0.2, -0.15) is 8.42 Å². The van der Waals surface area contributed by atoms with Gasteiger partial charge in [-0.3, -0.25) is 14.4 Å². The van der Waals surface area contributed by atoms with Crippen molar-refractivity contribution in [3.8, 4) is 0 Å². The lowest BCUT2D eigenvalue weighted by atomic mass is 9.91. The number of benzene rings is 3. The minimum Gasteiger partial charge on any atom is -0.457 e. The molecule has 34 heavy (non-hydrogen) atoms. The highest BCUT2D eigenvalue weighted by atomic mass is 32.2. The lowest BCUT2D eigenvalue weighted by Gasteiger charge is -2.34. The molecular formula is C21H22N4O7PS+. The molecule has 0 saturated carbocycles. The number of esters is 1. The molecule has 1 unspecified atom stereocenters. The number of rotatable bonds is 6. The summed E-state index contributed by atoms with van der Waals surface area (Å²) in [6, 6.07) is 15.5. The summed E-state index contributed by atoms with van der Waals surface area (Å²) < 4.78 is 51.7. The van der Waals surface area contributed by atoms with Crippen molar-refractivity contribution < 1.29 is 31.9 Å². The van der Waals surface area contributed by atoms with Gasteiger partial charge in [-0.05, 0) is 38.6 Å². The largest absolute Gasteiger partial charge is 0.479 e. The van der Waals surface area contributed by atoms with E-state index in [1.807, 2.05) is 54.6 Å². The Morgan fingerprint density at radius 1 is 1.18 bits per heavy atom. The number of hydrogen-bond acceptors (Lipinski definition) is 8. The summed E-state index contributed by atoms with van der Waals surface area (Å²) in [7, 11) is -8.52.